The predicted molar refractivity (Wildman–Crippen MR) is 65.0 cm³/mol. The maximum absolute atomic E-state index is 10.4. The molecule has 0 fully saturated rings. The van der Waals surface area contributed by atoms with Gasteiger partial charge in [-0.25, -0.2) is 0 Å². The molecule has 0 radical (unpaired) electrons. The molecule has 0 bridgehead atoms. The lowest BCUT2D eigenvalue weighted by Gasteiger charge is -1.95. The molecule has 1 heterocycles. The molecule has 0 aliphatic rings. The van der Waals surface area contributed by atoms with Crippen molar-refractivity contribution >= 4 is 27.1 Å². The van der Waals surface area contributed by atoms with E-state index in [9.17, 15) is 13.2 Å². The third-order valence-electron chi connectivity index (χ3n) is 1.88. The highest BCUT2D eigenvalue weighted by molar-refractivity contribution is 7.85. The number of aliphatic carboxylic acids is 1. The Morgan fingerprint density at radius 2 is 1.94 bits per heavy atom. The minimum Gasteiger partial charge on any atom is -0.481 e. The first-order valence-electron chi connectivity index (χ1n) is 4.86. The van der Waals surface area contributed by atoms with Crippen molar-refractivity contribution in [1.29, 1.82) is 0 Å². The lowest BCUT2D eigenvalue weighted by Crippen LogP contribution is -1.99. The van der Waals surface area contributed by atoms with Gasteiger partial charge >= 0.3 is 5.97 Å². The van der Waals surface area contributed by atoms with Crippen molar-refractivity contribution in [1.82, 2.24) is 0 Å². The summed E-state index contributed by atoms with van der Waals surface area (Å²) >= 11 is 0. The van der Waals surface area contributed by atoms with E-state index in [1.54, 1.807) is 18.4 Å². The summed E-state index contributed by atoms with van der Waals surface area (Å²) in [6.07, 6.45) is 2.35. The lowest BCUT2D eigenvalue weighted by atomic mass is 10.1. The molecule has 0 aliphatic heterocycles. The topological polar surface area (TPSA) is 105 Å². The Morgan fingerprint density at radius 3 is 2.50 bits per heavy atom. The van der Waals surface area contributed by atoms with Gasteiger partial charge < -0.3 is 9.52 Å². The summed E-state index contributed by atoms with van der Waals surface area (Å²) in [7, 11) is -3.67. The fourth-order valence-electron chi connectivity index (χ4n) is 1.28. The van der Waals surface area contributed by atoms with Crippen molar-refractivity contribution in [2.45, 2.75) is 6.42 Å². The van der Waals surface area contributed by atoms with Crippen LogP contribution in [0.4, 0.5) is 0 Å². The van der Waals surface area contributed by atoms with E-state index in [4.69, 9.17) is 14.1 Å². The second-order valence-electron chi connectivity index (χ2n) is 3.60. The Bertz CT molecular complexity index is 632. The molecule has 6 nitrogen and oxygen atoms in total. The van der Waals surface area contributed by atoms with E-state index in [0.29, 0.717) is 6.26 Å². The van der Waals surface area contributed by atoms with Crippen molar-refractivity contribution in [3.05, 3.63) is 36.1 Å². The number of carboxylic acids is 1. The van der Waals surface area contributed by atoms with Crippen LogP contribution in [0, 0.1) is 0 Å². The number of benzene rings is 1. The van der Waals surface area contributed by atoms with Gasteiger partial charge in [-0.05, 0) is 17.7 Å². The molecule has 2 aromatic rings. The molecule has 0 saturated heterocycles. The molecule has 18 heavy (non-hydrogen) atoms. The minimum absolute atomic E-state index is 0.0383. The highest BCUT2D eigenvalue weighted by atomic mass is 32.2. The first-order valence-corrected chi connectivity index (χ1v) is 6.71. The van der Waals surface area contributed by atoms with E-state index >= 15 is 0 Å². The summed E-state index contributed by atoms with van der Waals surface area (Å²) in [6.45, 7) is 0. The lowest BCUT2D eigenvalue weighted by molar-refractivity contribution is -0.136. The maximum Gasteiger partial charge on any atom is 0.307 e. The predicted octanol–water partition coefficient (Wildman–Crippen LogP) is 1.56. The molecule has 0 unspecified atom stereocenters. The van der Waals surface area contributed by atoms with Crippen LogP contribution in [0.15, 0.2) is 34.9 Å². The average Bonchev–Trinajstić information content (AvgIpc) is 2.60. The van der Waals surface area contributed by atoms with Gasteiger partial charge in [-0.15, -0.1) is 0 Å². The largest absolute Gasteiger partial charge is 0.481 e. The normalized spacial score (nSPS) is 10.8. The standard InChI is InChI=1S/C10H8O3.CH4O3S/c11-10(12)6-7-1-2-8-3-4-13-9(8)5-7;1-5(2,3)4/h1-5H,6H2,(H,11,12);1H3,(H,2,3,4). The molecule has 0 spiro atoms. The zero-order chi connectivity index (χ0) is 13.8. The van der Waals surface area contributed by atoms with Crippen LogP contribution in [-0.4, -0.2) is 30.3 Å². The minimum atomic E-state index is -3.67. The summed E-state index contributed by atoms with van der Waals surface area (Å²) in [5.74, 6) is -0.828. The highest BCUT2D eigenvalue weighted by Crippen LogP contribution is 2.17. The fourth-order valence-corrected chi connectivity index (χ4v) is 1.28. The number of rotatable bonds is 2. The monoisotopic (exact) mass is 272 g/mol. The van der Waals surface area contributed by atoms with Gasteiger partial charge in [0.2, 0.25) is 0 Å². The van der Waals surface area contributed by atoms with Gasteiger partial charge in [0.1, 0.15) is 5.58 Å². The van der Waals surface area contributed by atoms with Crippen LogP contribution < -0.4 is 0 Å². The Balaban J connectivity index is 0.000000280. The molecule has 98 valence electrons. The van der Waals surface area contributed by atoms with Crippen LogP contribution in [0.2, 0.25) is 0 Å². The van der Waals surface area contributed by atoms with Crippen molar-refractivity contribution in [3.8, 4) is 0 Å². The molecule has 7 heteroatoms. The van der Waals surface area contributed by atoms with E-state index in [0.717, 1.165) is 16.5 Å². The third kappa shape index (κ3) is 5.46. The quantitative estimate of drug-likeness (QED) is 0.804. The Morgan fingerprint density at radius 1 is 1.33 bits per heavy atom. The van der Waals surface area contributed by atoms with E-state index in [1.807, 2.05) is 12.1 Å². The van der Waals surface area contributed by atoms with E-state index in [2.05, 4.69) is 0 Å². The number of fused-ring (bicyclic) bond motifs is 1. The Hall–Kier alpha value is -1.86. The summed E-state index contributed by atoms with van der Waals surface area (Å²) in [5, 5.41) is 9.55. The first kappa shape index (κ1) is 14.2. The second kappa shape index (κ2) is 5.65. The molecule has 0 amide bonds. The van der Waals surface area contributed by atoms with E-state index in [1.165, 1.54) is 0 Å². The van der Waals surface area contributed by atoms with Crippen molar-refractivity contribution in [2.24, 2.45) is 0 Å². The SMILES string of the molecule is CS(=O)(=O)O.O=C(O)Cc1ccc2ccoc2c1. The van der Waals surface area contributed by atoms with Crippen molar-refractivity contribution in [3.63, 3.8) is 0 Å². The van der Waals surface area contributed by atoms with Crippen LogP contribution in [0.5, 0.6) is 0 Å². The van der Waals surface area contributed by atoms with Crippen LogP contribution >= 0.6 is 0 Å². The second-order valence-corrected chi connectivity index (χ2v) is 5.06. The maximum atomic E-state index is 10.4. The Labute approximate surface area is 104 Å². The first-order chi connectivity index (χ1) is 8.25. The molecule has 1 aromatic carbocycles. The zero-order valence-corrected chi connectivity index (χ0v) is 10.3. The van der Waals surface area contributed by atoms with Crippen LogP contribution in [-0.2, 0) is 21.3 Å². The average molecular weight is 272 g/mol. The Kier molecular flexibility index (Phi) is 4.46. The summed E-state index contributed by atoms with van der Waals surface area (Å²) in [4.78, 5) is 10.4. The third-order valence-corrected chi connectivity index (χ3v) is 1.88. The van der Waals surface area contributed by atoms with Gasteiger partial charge in [0.25, 0.3) is 10.1 Å². The van der Waals surface area contributed by atoms with Gasteiger partial charge in [0.05, 0.1) is 18.9 Å². The molecular weight excluding hydrogens is 260 g/mol. The molecule has 0 aliphatic carbocycles. The molecule has 0 saturated carbocycles. The van der Waals surface area contributed by atoms with Crippen LogP contribution in [0.3, 0.4) is 0 Å². The number of furan rings is 1. The summed E-state index contributed by atoms with van der Waals surface area (Å²) in [6, 6.07) is 7.26. The molecular formula is C11H12O6S. The molecule has 2 rings (SSSR count). The number of carboxylic acid groups (broad SMARTS) is 1. The van der Waals surface area contributed by atoms with Gasteiger partial charge in [-0.2, -0.15) is 8.42 Å². The van der Waals surface area contributed by atoms with Gasteiger partial charge in [-0.3, -0.25) is 9.35 Å². The number of hydrogen-bond acceptors (Lipinski definition) is 4. The summed E-state index contributed by atoms with van der Waals surface area (Å²) < 4.78 is 31.0. The molecule has 2 N–H and O–H groups in total. The van der Waals surface area contributed by atoms with E-state index in [-0.39, 0.29) is 6.42 Å². The van der Waals surface area contributed by atoms with Crippen LogP contribution in [0.25, 0.3) is 11.0 Å². The molecule has 0 atom stereocenters. The summed E-state index contributed by atoms with van der Waals surface area (Å²) in [5.41, 5.74) is 1.49. The van der Waals surface area contributed by atoms with Gasteiger partial charge in [-0.1, -0.05) is 12.1 Å². The van der Waals surface area contributed by atoms with Crippen LogP contribution in [0.1, 0.15) is 5.56 Å². The number of hydrogen-bond donors (Lipinski definition) is 2. The van der Waals surface area contributed by atoms with Crippen molar-refractivity contribution in [2.75, 3.05) is 6.26 Å². The number of carbonyl (C=O) groups is 1. The van der Waals surface area contributed by atoms with Gasteiger partial charge in [0.15, 0.2) is 0 Å². The smallest absolute Gasteiger partial charge is 0.307 e. The van der Waals surface area contributed by atoms with E-state index < -0.39 is 16.1 Å². The van der Waals surface area contributed by atoms with Gasteiger partial charge in [0, 0.05) is 5.39 Å². The fraction of sp³-hybridized carbons (Fsp3) is 0.182. The molecule has 1 aromatic heterocycles. The van der Waals surface area contributed by atoms with Crippen molar-refractivity contribution < 1.29 is 27.3 Å². The zero-order valence-electron chi connectivity index (χ0n) is 9.53. The highest BCUT2D eigenvalue weighted by Gasteiger charge is 2.02.